The Balaban J connectivity index is 2.56. The molecule has 66 valence electrons. The number of carbonyl (C=O) groups excluding carboxylic acids is 1. The molecule has 1 rings (SSSR count). The zero-order chi connectivity index (χ0) is 9.14. The van der Waals surface area contributed by atoms with Crippen LogP contribution in [0.3, 0.4) is 0 Å². The maximum atomic E-state index is 11.0. The molecule has 3 heteroatoms. The van der Waals surface area contributed by atoms with Crippen molar-refractivity contribution in [2.75, 3.05) is 0 Å². The second kappa shape index (κ2) is 3.54. The molecule has 0 bridgehead atoms. The molecule has 0 saturated heterocycles. The predicted molar refractivity (Wildman–Crippen MR) is 45.6 cm³/mol. The van der Waals surface area contributed by atoms with Crippen molar-refractivity contribution in [3.63, 3.8) is 0 Å². The molecule has 0 aromatic rings. The highest BCUT2D eigenvalue weighted by molar-refractivity contribution is 5.78. The maximum absolute atomic E-state index is 11.0. The van der Waals surface area contributed by atoms with Crippen molar-refractivity contribution in [2.24, 2.45) is 5.92 Å². The molecule has 0 aromatic carbocycles. The number of hydroxylamine groups is 1. The normalized spacial score (nSPS) is 23.9. The van der Waals surface area contributed by atoms with E-state index in [4.69, 9.17) is 5.21 Å². The zero-order valence-corrected chi connectivity index (χ0v) is 6.97. The van der Waals surface area contributed by atoms with Gasteiger partial charge in [-0.1, -0.05) is 24.3 Å². The molecule has 1 fully saturated rings. The zero-order valence-electron chi connectivity index (χ0n) is 6.97. The van der Waals surface area contributed by atoms with Gasteiger partial charge in [0.25, 0.3) is 0 Å². The number of hydrogen-bond donors (Lipinski definition) is 2. The molecular formula is C9H13NO2. The fourth-order valence-corrected chi connectivity index (χ4v) is 1.38. The highest BCUT2D eigenvalue weighted by atomic mass is 16.5. The van der Waals surface area contributed by atoms with E-state index in [1.54, 1.807) is 5.48 Å². The van der Waals surface area contributed by atoms with Crippen molar-refractivity contribution >= 4 is 5.91 Å². The van der Waals surface area contributed by atoms with Crippen molar-refractivity contribution in [1.29, 1.82) is 0 Å². The second-order valence-corrected chi connectivity index (χ2v) is 3.12. The molecule has 1 unspecified atom stereocenters. The SMILES string of the molecule is C=C1CCC(C(=O)NO)CC1=C. The molecule has 1 saturated carbocycles. The lowest BCUT2D eigenvalue weighted by Crippen LogP contribution is -2.30. The van der Waals surface area contributed by atoms with Gasteiger partial charge in [0.15, 0.2) is 0 Å². The van der Waals surface area contributed by atoms with Gasteiger partial charge < -0.3 is 0 Å². The molecule has 0 aliphatic heterocycles. The second-order valence-electron chi connectivity index (χ2n) is 3.12. The highest BCUT2D eigenvalue weighted by Gasteiger charge is 2.24. The lowest BCUT2D eigenvalue weighted by Gasteiger charge is -2.23. The van der Waals surface area contributed by atoms with Crippen LogP contribution >= 0.6 is 0 Å². The minimum absolute atomic E-state index is 0.131. The number of amides is 1. The van der Waals surface area contributed by atoms with E-state index in [0.717, 1.165) is 24.0 Å². The summed E-state index contributed by atoms with van der Waals surface area (Å²) in [6, 6.07) is 0. The lowest BCUT2D eigenvalue weighted by atomic mass is 9.83. The summed E-state index contributed by atoms with van der Waals surface area (Å²) in [5.41, 5.74) is 3.61. The number of nitrogens with one attached hydrogen (secondary N) is 1. The molecule has 0 spiro atoms. The van der Waals surface area contributed by atoms with E-state index in [1.807, 2.05) is 0 Å². The van der Waals surface area contributed by atoms with Gasteiger partial charge in [-0.25, -0.2) is 5.48 Å². The van der Waals surface area contributed by atoms with Crippen LogP contribution in [-0.4, -0.2) is 11.1 Å². The average Bonchev–Trinajstić information content (AvgIpc) is 2.08. The number of rotatable bonds is 1. The van der Waals surface area contributed by atoms with Gasteiger partial charge in [-0.3, -0.25) is 10.0 Å². The third-order valence-electron chi connectivity index (χ3n) is 2.27. The minimum Gasteiger partial charge on any atom is -0.289 e. The summed E-state index contributed by atoms with van der Waals surface area (Å²) in [5.74, 6) is -0.448. The van der Waals surface area contributed by atoms with E-state index in [1.165, 1.54) is 0 Å². The summed E-state index contributed by atoms with van der Waals surface area (Å²) in [6.07, 6.45) is 2.17. The Kier molecular flexibility index (Phi) is 2.65. The Morgan fingerprint density at radius 2 is 2.17 bits per heavy atom. The third kappa shape index (κ3) is 1.74. The number of carbonyl (C=O) groups is 1. The Bertz CT molecular complexity index is 233. The van der Waals surface area contributed by atoms with Crippen LogP contribution in [0.5, 0.6) is 0 Å². The molecule has 0 radical (unpaired) electrons. The monoisotopic (exact) mass is 167 g/mol. The Morgan fingerprint density at radius 1 is 1.50 bits per heavy atom. The Hall–Kier alpha value is -1.09. The lowest BCUT2D eigenvalue weighted by molar-refractivity contribution is -0.133. The molecule has 3 nitrogen and oxygen atoms in total. The van der Waals surface area contributed by atoms with Crippen LogP contribution in [0.1, 0.15) is 19.3 Å². The van der Waals surface area contributed by atoms with Gasteiger partial charge in [0.2, 0.25) is 5.91 Å². The summed E-state index contributed by atoms with van der Waals surface area (Å²) in [6.45, 7) is 7.62. The van der Waals surface area contributed by atoms with Gasteiger partial charge in [-0.05, 0) is 19.3 Å². The van der Waals surface area contributed by atoms with Crippen molar-refractivity contribution in [2.45, 2.75) is 19.3 Å². The van der Waals surface area contributed by atoms with E-state index >= 15 is 0 Å². The predicted octanol–water partition coefficient (Wildman–Crippen LogP) is 1.40. The smallest absolute Gasteiger partial charge is 0.246 e. The van der Waals surface area contributed by atoms with Crippen LogP contribution in [0.2, 0.25) is 0 Å². The summed E-state index contributed by atoms with van der Waals surface area (Å²) in [4.78, 5) is 11.0. The van der Waals surface area contributed by atoms with Crippen molar-refractivity contribution in [3.05, 3.63) is 24.3 Å². The van der Waals surface area contributed by atoms with Gasteiger partial charge in [0.1, 0.15) is 0 Å². The first-order valence-corrected chi connectivity index (χ1v) is 3.95. The van der Waals surface area contributed by atoms with E-state index in [2.05, 4.69) is 13.2 Å². The van der Waals surface area contributed by atoms with E-state index in [9.17, 15) is 4.79 Å². The van der Waals surface area contributed by atoms with Crippen LogP contribution in [0.15, 0.2) is 24.3 Å². The molecule has 1 atom stereocenters. The van der Waals surface area contributed by atoms with Crippen LogP contribution in [0.25, 0.3) is 0 Å². The standard InChI is InChI=1S/C9H13NO2/c1-6-3-4-8(5-7(6)2)9(11)10-12/h8,12H,1-5H2,(H,10,11). The van der Waals surface area contributed by atoms with Crippen LogP contribution in [0.4, 0.5) is 0 Å². The molecule has 0 aromatic heterocycles. The van der Waals surface area contributed by atoms with E-state index in [0.29, 0.717) is 6.42 Å². The molecule has 1 aliphatic carbocycles. The number of allylic oxidation sites excluding steroid dienone is 2. The van der Waals surface area contributed by atoms with Crippen LogP contribution < -0.4 is 5.48 Å². The first-order chi connectivity index (χ1) is 5.65. The summed E-state index contributed by atoms with van der Waals surface area (Å²) in [5, 5.41) is 8.39. The molecule has 2 N–H and O–H groups in total. The Labute approximate surface area is 71.7 Å². The molecule has 0 heterocycles. The Morgan fingerprint density at radius 3 is 2.67 bits per heavy atom. The first kappa shape index (κ1) is 9.00. The van der Waals surface area contributed by atoms with Gasteiger partial charge in [-0.2, -0.15) is 0 Å². The first-order valence-electron chi connectivity index (χ1n) is 3.95. The van der Waals surface area contributed by atoms with Crippen molar-refractivity contribution in [1.82, 2.24) is 5.48 Å². The summed E-state index contributed by atoms with van der Waals surface area (Å²) in [7, 11) is 0. The van der Waals surface area contributed by atoms with Crippen molar-refractivity contribution in [3.8, 4) is 0 Å². The third-order valence-corrected chi connectivity index (χ3v) is 2.27. The fraction of sp³-hybridized carbons (Fsp3) is 0.444. The van der Waals surface area contributed by atoms with Gasteiger partial charge in [-0.15, -0.1) is 0 Å². The highest BCUT2D eigenvalue weighted by Crippen LogP contribution is 2.30. The molecule has 1 amide bonds. The van der Waals surface area contributed by atoms with Crippen LogP contribution in [0, 0.1) is 5.92 Å². The average molecular weight is 167 g/mol. The van der Waals surface area contributed by atoms with Gasteiger partial charge in [0.05, 0.1) is 0 Å². The fourth-order valence-electron chi connectivity index (χ4n) is 1.38. The van der Waals surface area contributed by atoms with Gasteiger partial charge in [0, 0.05) is 5.92 Å². The topological polar surface area (TPSA) is 49.3 Å². The van der Waals surface area contributed by atoms with Crippen LogP contribution in [-0.2, 0) is 4.79 Å². The molecule has 1 aliphatic rings. The largest absolute Gasteiger partial charge is 0.289 e. The summed E-state index contributed by atoms with van der Waals surface area (Å²) >= 11 is 0. The molecule has 12 heavy (non-hydrogen) atoms. The maximum Gasteiger partial charge on any atom is 0.246 e. The summed E-state index contributed by atoms with van der Waals surface area (Å²) < 4.78 is 0. The molecular weight excluding hydrogens is 154 g/mol. The minimum atomic E-state index is -0.316. The quantitative estimate of drug-likeness (QED) is 0.458. The number of hydrogen-bond acceptors (Lipinski definition) is 2. The van der Waals surface area contributed by atoms with Crippen molar-refractivity contribution < 1.29 is 10.0 Å². The van der Waals surface area contributed by atoms with E-state index in [-0.39, 0.29) is 11.8 Å². The van der Waals surface area contributed by atoms with E-state index < -0.39 is 0 Å². The van der Waals surface area contributed by atoms with Gasteiger partial charge >= 0.3 is 0 Å².